The Morgan fingerprint density at radius 1 is 1.53 bits per heavy atom. The molecule has 1 saturated heterocycles. The van der Waals surface area contributed by atoms with Crippen LogP contribution in [0.4, 0.5) is 0 Å². The van der Waals surface area contributed by atoms with Gasteiger partial charge >= 0.3 is 0 Å². The quantitative estimate of drug-likeness (QED) is 0.847. The number of nitrogens with zero attached hydrogens (tertiary/aromatic N) is 3. The van der Waals surface area contributed by atoms with E-state index in [0.717, 1.165) is 31.4 Å². The van der Waals surface area contributed by atoms with Crippen molar-refractivity contribution in [3.63, 3.8) is 0 Å². The maximum Gasteiger partial charge on any atom is 0.215 e. The van der Waals surface area contributed by atoms with Gasteiger partial charge in [-0.2, -0.15) is 5.10 Å². The Hall–Kier alpha value is -0.920. The Bertz CT molecular complexity index is 506. The van der Waals surface area contributed by atoms with E-state index in [4.69, 9.17) is 0 Å². The first kappa shape index (κ1) is 14.5. The van der Waals surface area contributed by atoms with E-state index in [2.05, 4.69) is 10.4 Å². The minimum absolute atomic E-state index is 0.0927. The molecule has 1 N–H and O–H groups in total. The van der Waals surface area contributed by atoms with E-state index in [1.54, 1.807) is 17.9 Å². The van der Waals surface area contributed by atoms with E-state index in [1.165, 1.54) is 4.31 Å². The van der Waals surface area contributed by atoms with Crippen LogP contribution in [0.3, 0.4) is 0 Å². The van der Waals surface area contributed by atoms with Crippen molar-refractivity contribution in [2.45, 2.75) is 31.8 Å². The van der Waals surface area contributed by atoms with Crippen LogP contribution in [0, 0.1) is 0 Å². The van der Waals surface area contributed by atoms with Crippen LogP contribution in [0.1, 0.15) is 24.8 Å². The van der Waals surface area contributed by atoms with Crippen molar-refractivity contribution in [1.29, 1.82) is 0 Å². The molecule has 1 aromatic heterocycles. The first-order valence-corrected chi connectivity index (χ1v) is 8.23. The van der Waals surface area contributed by atoms with E-state index in [-0.39, 0.29) is 11.8 Å². The number of hydrogen-bond acceptors (Lipinski definition) is 4. The van der Waals surface area contributed by atoms with Crippen molar-refractivity contribution < 1.29 is 8.42 Å². The average molecular weight is 286 g/mol. The molecule has 1 aromatic rings. The molecule has 2 heterocycles. The Morgan fingerprint density at radius 2 is 2.32 bits per heavy atom. The number of hydrogen-bond donors (Lipinski definition) is 1. The van der Waals surface area contributed by atoms with Crippen molar-refractivity contribution >= 4 is 10.0 Å². The molecule has 6 nitrogen and oxygen atoms in total. The van der Waals surface area contributed by atoms with Gasteiger partial charge in [0.15, 0.2) is 0 Å². The zero-order chi connectivity index (χ0) is 13.9. The summed E-state index contributed by atoms with van der Waals surface area (Å²) in [5.74, 6) is 0.184. The predicted octanol–water partition coefficient (Wildman–Crippen LogP) is 0.324. The molecule has 1 unspecified atom stereocenters. The summed E-state index contributed by atoms with van der Waals surface area (Å²) in [6, 6.07) is 0.0927. The summed E-state index contributed by atoms with van der Waals surface area (Å²) in [6.45, 7) is 1.30. The third-order valence-electron chi connectivity index (χ3n) is 3.46. The molecule has 0 saturated carbocycles. The maximum atomic E-state index is 12.3. The molecular weight excluding hydrogens is 264 g/mol. The van der Waals surface area contributed by atoms with Crippen LogP contribution in [0.15, 0.2) is 12.4 Å². The lowest BCUT2D eigenvalue weighted by atomic mass is 10.1. The highest BCUT2D eigenvalue weighted by Crippen LogP contribution is 2.13. The lowest BCUT2D eigenvalue weighted by Crippen LogP contribution is -2.42. The number of rotatable bonds is 5. The number of nitrogens with one attached hydrogen (secondary N) is 1. The number of sulfonamides is 1. The fourth-order valence-corrected chi connectivity index (χ4v) is 3.75. The molecule has 0 bridgehead atoms. The molecule has 0 aromatic carbocycles. The molecule has 108 valence electrons. The molecule has 0 radical (unpaired) electrons. The molecule has 0 aliphatic carbocycles. The highest BCUT2D eigenvalue weighted by atomic mass is 32.2. The summed E-state index contributed by atoms with van der Waals surface area (Å²) in [4.78, 5) is 0. The van der Waals surface area contributed by atoms with Gasteiger partial charge in [-0.3, -0.25) is 4.68 Å². The van der Waals surface area contributed by atoms with Gasteiger partial charge in [0.25, 0.3) is 0 Å². The van der Waals surface area contributed by atoms with Crippen LogP contribution in [0.25, 0.3) is 0 Å². The third-order valence-corrected chi connectivity index (χ3v) is 5.37. The molecule has 1 atom stereocenters. The topological polar surface area (TPSA) is 67.2 Å². The minimum atomic E-state index is -3.22. The van der Waals surface area contributed by atoms with E-state index in [1.807, 2.05) is 13.2 Å². The van der Waals surface area contributed by atoms with Crippen molar-refractivity contribution in [2.24, 2.45) is 7.05 Å². The predicted molar refractivity (Wildman–Crippen MR) is 74.1 cm³/mol. The summed E-state index contributed by atoms with van der Waals surface area (Å²) in [7, 11) is 0.238. The van der Waals surface area contributed by atoms with Gasteiger partial charge in [0.05, 0.1) is 11.9 Å². The van der Waals surface area contributed by atoms with Crippen LogP contribution in [0.5, 0.6) is 0 Å². The zero-order valence-electron chi connectivity index (χ0n) is 11.5. The van der Waals surface area contributed by atoms with Gasteiger partial charge in [-0.05, 0) is 19.4 Å². The maximum absolute atomic E-state index is 12.3. The molecule has 1 fully saturated rings. The van der Waals surface area contributed by atoms with Gasteiger partial charge in [0, 0.05) is 38.4 Å². The van der Waals surface area contributed by atoms with Gasteiger partial charge in [0.2, 0.25) is 10.0 Å². The van der Waals surface area contributed by atoms with Gasteiger partial charge in [-0.1, -0.05) is 6.42 Å². The standard InChI is InChI=1S/C12H22N4O2S/c1-15-8-11(7-14-15)9-16(2)19(17,18)10-12-5-3-4-6-13-12/h7-8,12-13H,3-6,9-10H2,1-2H3. The molecule has 0 amide bonds. The molecule has 1 aliphatic rings. The van der Waals surface area contributed by atoms with E-state index in [9.17, 15) is 8.42 Å². The minimum Gasteiger partial charge on any atom is -0.313 e. The first-order chi connectivity index (χ1) is 8.97. The summed E-state index contributed by atoms with van der Waals surface area (Å²) in [5, 5.41) is 7.33. The second-order valence-electron chi connectivity index (χ2n) is 5.20. The average Bonchev–Trinajstić information content (AvgIpc) is 2.75. The van der Waals surface area contributed by atoms with E-state index >= 15 is 0 Å². The molecule has 1 aliphatic heterocycles. The summed E-state index contributed by atoms with van der Waals surface area (Å²) in [6.07, 6.45) is 6.73. The lowest BCUT2D eigenvalue weighted by Gasteiger charge is -2.25. The van der Waals surface area contributed by atoms with Crippen LogP contribution in [-0.2, 0) is 23.6 Å². The van der Waals surface area contributed by atoms with Crippen molar-refractivity contribution in [3.05, 3.63) is 18.0 Å². The van der Waals surface area contributed by atoms with Gasteiger partial charge < -0.3 is 5.32 Å². The number of aryl methyl sites for hydroxylation is 1. The second kappa shape index (κ2) is 6.02. The Labute approximate surface area is 114 Å². The van der Waals surface area contributed by atoms with Crippen molar-refractivity contribution in [1.82, 2.24) is 19.4 Å². The van der Waals surface area contributed by atoms with Crippen LogP contribution in [-0.4, -0.2) is 47.9 Å². The molecule has 19 heavy (non-hydrogen) atoms. The van der Waals surface area contributed by atoms with E-state index < -0.39 is 10.0 Å². The Kier molecular flexibility index (Phi) is 4.59. The summed E-state index contributed by atoms with van der Waals surface area (Å²) >= 11 is 0. The Morgan fingerprint density at radius 3 is 2.89 bits per heavy atom. The summed E-state index contributed by atoms with van der Waals surface area (Å²) < 4.78 is 27.6. The second-order valence-corrected chi connectivity index (χ2v) is 7.32. The summed E-state index contributed by atoms with van der Waals surface area (Å²) in [5.41, 5.74) is 0.908. The third kappa shape index (κ3) is 4.02. The first-order valence-electron chi connectivity index (χ1n) is 6.62. The lowest BCUT2D eigenvalue weighted by molar-refractivity contribution is 0.408. The van der Waals surface area contributed by atoms with E-state index in [0.29, 0.717) is 6.54 Å². The molecule has 0 spiro atoms. The highest BCUT2D eigenvalue weighted by molar-refractivity contribution is 7.89. The normalized spacial score (nSPS) is 20.9. The zero-order valence-corrected chi connectivity index (χ0v) is 12.4. The SMILES string of the molecule is CN(Cc1cnn(C)c1)S(=O)(=O)CC1CCCCN1. The molecule has 7 heteroatoms. The van der Waals surface area contributed by atoms with Crippen LogP contribution in [0.2, 0.25) is 0 Å². The smallest absolute Gasteiger partial charge is 0.215 e. The van der Waals surface area contributed by atoms with Crippen LogP contribution < -0.4 is 5.32 Å². The number of piperidine rings is 1. The Balaban J connectivity index is 1.94. The molecular formula is C12H22N4O2S. The molecule has 2 rings (SSSR count). The van der Waals surface area contributed by atoms with Crippen molar-refractivity contribution in [3.8, 4) is 0 Å². The fourth-order valence-electron chi connectivity index (χ4n) is 2.36. The van der Waals surface area contributed by atoms with Gasteiger partial charge in [0.1, 0.15) is 0 Å². The highest BCUT2D eigenvalue weighted by Gasteiger charge is 2.24. The fraction of sp³-hybridized carbons (Fsp3) is 0.750. The van der Waals surface area contributed by atoms with Gasteiger partial charge in [-0.15, -0.1) is 0 Å². The van der Waals surface area contributed by atoms with Crippen molar-refractivity contribution in [2.75, 3.05) is 19.3 Å². The monoisotopic (exact) mass is 286 g/mol. The number of aromatic nitrogens is 2. The van der Waals surface area contributed by atoms with Gasteiger partial charge in [-0.25, -0.2) is 12.7 Å². The largest absolute Gasteiger partial charge is 0.313 e. The van der Waals surface area contributed by atoms with Crippen LogP contribution >= 0.6 is 0 Å².